The maximum Gasteiger partial charge on any atom is 0.132 e. The minimum Gasteiger partial charge on any atom is -0.487 e. The van der Waals surface area contributed by atoms with Crippen molar-refractivity contribution in [3.05, 3.63) is 77.1 Å². The standard InChI is InChI=1S/C18H19N3O2/c1-14-7-9-16(10-8-14)23-13-18-17(12-22)19-20-21(18)11-15-5-3-2-4-6-15/h2-10,22H,11-13H2,1H3. The molecule has 5 nitrogen and oxygen atoms in total. The molecular formula is C18H19N3O2. The molecule has 0 fully saturated rings. The summed E-state index contributed by atoms with van der Waals surface area (Å²) in [5.74, 6) is 0.784. The van der Waals surface area contributed by atoms with Gasteiger partial charge in [0.2, 0.25) is 0 Å². The molecule has 5 heteroatoms. The van der Waals surface area contributed by atoms with Crippen LogP contribution in [0, 0.1) is 6.92 Å². The Morgan fingerprint density at radius 1 is 1.04 bits per heavy atom. The quantitative estimate of drug-likeness (QED) is 0.760. The number of aryl methyl sites for hydroxylation is 1. The number of aromatic nitrogens is 3. The monoisotopic (exact) mass is 309 g/mol. The van der Waals surface area contributed by atoms with Gasteiger partial charge in [-0.05, 0) is 24.6 Å². The van der Waals surface area contributed by atoms with Gasteiger partial charge >= 0.3 is 0 Å². The molecule has 0 aliphatic heterocycles. The SMILES string of the molecule is Cc1ccc(OCc2c(CO)nnn2Cc2ccccc2)cc1. The number of hydrogen-bond acceptors (Lipinski definition) is 4. The minimum atomic E-state index is -0.151. The van der Waals surface area contributed by atoms with Crippen LogP contribution in [0.2, 0.25) is 0 Å². The lowest BCUT2D eigenvalue weighted by molar-refractivity contribution is 0.262. The molecule has 3 rings (SSSR count). The fourth-order valence-corrected chi connectivity index (χ4v) is 2.32. The molecule has 0 spiro atoms. The number of benzene rings is 2. The fourth-order valence-electron chi connectivity index (χ4n) is 2.32. The Bertz CT molecular complexity index is 752. The lowest BCUT2D eigenvalue weighted by Gasteiger charge is -2.10. The van der Waals surface area contributed by atoms with Gasteiger partial charge in [0, 0.05) is 0 Å². The molecule has 0 saturated heterocycles. The van der Waals surface area contributed by atoms with Crippen molar-refractivity contribution >= 4 is 0 Å². The van der Waals surface area contributed by atoms with E-state index >= 15 is 0 Å². The van der Waals surface area contributed by atoms with Crippen molar-refractivity contribution in [3.8, 4) is 5.75 Å². The molecule has 0 unspecified atom stereocenters. The maximum absolute atomic E-state index is 9.46. The Morgan fingerprint density at radius 2 is 1.78 bits per heavy atom. The number of aliphatic hydroxyl groups is 1. The molecule has 0 saturated carbocycles. The molecule has 23 heavy (non-hydrogen) atoms. The normalized spacial score (nSPS) is 10.7. The van der Waals surface area contributed by atoms with E-state index in [2.05, 4.69) is 10.3 Å². The predicted molar refractivity (Wildman–Crippen MR) is 87.0 cm³/mol. The first kappa shape index (κ1) is 15.2. The second-order valence-corrected chi connectivity index (χ2v) is 5.39. The van der Waals surface area contributed by atoms with Gasteiger partial charge in [-0.2, -0.15) is 0 Å². The van der Waals surface area contributed by atoms with Crippen LogP contribution in [0.1, 0.15) is 22.5 Å². The number of nitrogens with zero attached hydrogens (tertiary/aromatic N) is 3. The van der Waals surface area contributed by atoms with Crippen LogP contribution in [0.25, 0.3) is 0 Å². The Labute approximate surface area is 135 Å². The van der Waals surface area contributed by atoms with Crippen molar-refractivity contribution in [1.29, 1.82) is 0 Å². The van der Waals surface area contributed by atoms with Crippen molar-refractivity contribution in [3.63, 3.8) is 0 Å². The van der Waals surface area contributed by atoms with E-state index in [4.69, 9.17) is 4.74 Å². The van der Waals surface area contributed by atoms with E-state index < -0.39 is 0 Å². The molecule has 0 aliphatic rings. The van der Waals surface area contributed by atoms with E-state index in [1.54, 1.807) is 4.68 Å². The van der Waals surface area contributed by atoms with Crippen molar-refractivity contribution in [2.24, 2.45) is 0 Å². The summed E-state index contributed by atoms with van der Waals surface area (Å²) in [7, 11) is 0. The number of hydrogen-bond donors (Lipinski definition) is 1. The Balaban J connectivity index is 1.77. The van der Waals surface area contributed by atoms with Crippen LogP contribution in [-0.4, -0.2) is 20.1 Å². The number of ether oxygens (including phenoxy) is 1. The fraction of sp³-hybridized carbons (Fsp3) is 0.222. The molecule has 0 amide bonds. The Hall–Kier alpha value is -2.66. The highest BCUT2D eigenvalue weighted by molar-refractivity contribution is 5.26. The van der Waals surface area contributed by atoms with E-state index in [0.717, 1.165) is 17.0 Å². The van der Waals surface area contributed by atoms with E-state index in [1.807, 2.05) is 61.5 Å². The zero-order valence-electron chi connectivity index (χ0n) is 13.0. The second-order valence-electron chi connectivity index (χ2n) is 5.39. The summed E-state index contributed by atoms with van der Waals surface area (Å²) < 4.78 is 7.59. The Morgan fingerprint density at radius 3 is 2.48 bits per heavy atom. The average molecular weight is 309 g/mol. The van der Waals surface area contributed by atoms with Crippen LogP contribution in [0.15, 0.2) is 54.6 Å². The highest BCUT2D eigenvalue weighted by Gasteiger charge is 2.13. The second kappa shape index (κ2) is 7.07. The molecule has 0 aliphatic carbocycles. The number of rotatable bonds is 6. The highest BCUT2D eigenvalue weighted by Crippen LogP contribution is 2.16. The van der Waals surface area contributed by atoms with Gasteiger partial charge in [-0.1, -0.05) is 53.2 Å². The number of aliphatic hydroxyl groups excluding tert-OH is 1. The first-order chi connectivity index (χ1) is 11.3. The summed E-state index contributed by atoms with van der Waals surface area (Å²) in [6.07, 6.45) is 0. The molecular weight excluding hydrogens is 290 g/mol. The van der Waals surface area contributed by atoms with E-state index in [1.165, 1.54) is 5.56 Å². The van der Waals surface area contributed by atoms with Crippen LogP contribution in [0.3, 0.4) is 0 Å². The maximum atomic E-state index is 9.46. The predicted octanol–water partition coefficient (Wildman–Crippen LogP) is 2.71. The largest absolute Gasteiger partial charge is 0.487 e. The molecule has 1 N–H and O–H groups in total. The van der Waals surface area contributed by atoms with E-state index in [-0.39, 0.29) is 6.61 Å². The summed E-state index contributed by atoms with van der Waals surface area (Å²) in [5, 5.41) is 17.6. The van der Waals surface area contributed by atoms with Crippen molar-refractivity contribution in [2.45, 2.75) is 26.7 Å². The third-order valence-corrected chi connectivity index (χ3v) is 3.64. The Kier molecular flexibility index (Phi) is 4.68. The van der Waals surface area contributed by atoms with E-state index in [9.17, 15) is 5.11 Å². The summed E-state index contributed by atoms with van der Waals surface area (Å²) in [6.45, 7) is 2.80. The molecule has 0 radical (unpaired) electrons. The van der Waals surface area contributed by atoms with Crippen LogP contribution >= 0.6 is 0 Å². The third kappa shape index (κ3) is 3.76. The summed E-state index contributed by atoms with van der Waals surface area (Å²) in [4.78, 5) is 0. The van der Waals surface area contributed by atoms with Gasteiger partial charge in [-0.3, -0.25) is 0 Å². The van der Waals surface area contributed by atoms with Gasteiger partial charge in [0.25, 0.3) is 0 Å². The first-order valence-corrected chi connectivity index (χ1v) is 7.52. The molecule has 1 heterocycles. The van der Waals surface area contributed by atoms with Gasteiger partial charge in [0.05, 0.1) is 13.2 Å². The molecule has 0 bridgehead atoms. The van der Waals surface area contributed by atoms with Crippen LogP contribution < -0.4 is 4.74 Å². The molecule has 3 aromatic rings. The lowest BCUT2D eigenvalue weighted by Crippen LogP contribution is -2.10. The van der Waals surface area contributed by atoms with Gasteiger partial charge in [0.1, 0.15) is 23.7 Å². The van der Waals surface area contributed by atoms with Crippen LogP contribution in [0.5, 0.6) is 5.75 Å². The summed E-state index contributed by atoms with van der Waals surface area (Å²) >= 11 is 0. The van der Waals surface area contributed by atoms with Gasteiger partial charge in [-0.15, -0.1) is 5.10 Å². The summed E-state index contributed by atoms with van der Waals surface area (Å²) in [6, 6.07) is 17.9. The average Bonchev–Trinajstić information content (AvgIpc) is 2.97. The van der Waals surface area contributed by atoms with E-state index in [0.29, 0.717) is 18.8 Å². The lowest BCUT2D eigenvalue weighted by atomic mass is 10.2. The van der Waals surface area contributed by atoms with Crippen LogP contribution in [0.4, 0.5) is 0 Å². The third-order valence-electron chi connectivity index (χ3n) is 3.64. The van der Waals surface area contributed by atoms with Crippen molar-refractivity contribution in [1.82, 2.24) is 15.0 Å². The molecule has 2 aromatic carbocycles. The van der Waals surface area contributed by atoms with Crippen molar-refractivity contribution < 1.29 is 9.84 Å². The van der Waals surface area contributed by atoms with Gasteiger partial charge in [0.15, 0.2) is 0 Å². The van der Waals surface area contributed by atoms with Crippen molar-refractivity contribution in [2.75, 3.05) is 0 Å². The summed E-state index contributed by atoms with van der Waals surface area (Å²) in [5.41, 5.74) is 3.65. The van der Waals surface area contributed by atoms with Crippen LogP contribution in [-0.2, 0) is 19.8 Å². The van der Waals surface area contributed by atoms with Gasteiger partial charge in [-0.25, -0.2) is 4.68 Å². The van der Waals surface area contributed by atoms with Gasteiger partial charge < -0.3 is 9.84 Å². The first-order valence-electron chi connectivity index (χ1n) is 7.52. The molecule has 118 valence electrons. The minimum absolute atomic E-state index is 0.151. The smallest absolute Gasteiger partial charge is 0.132 e. The highest BCUT2D eigenvalue weighted by atomic mass is 16.5. The molecule has 1 aromatic heterocycles. The zero-order chi connectivity index (χ0) is 16.1. The zero-order valence-corrected chi connectivity index (χ0v) is 13.0. The topological polar surface area (TPSA) is 60.2 Å². The molecule has 0 atom stereocenters.